The minimum absolute atomic E-state index is 0.0108. The number of nitrogens with zero attached hydrogens (tertiary/aromatic N) is 2. The van der Waals surface area contributed by atoms with E-state index < -0.39 is 5.97 Å². The van der Waals surface area contributed by atoms with Crippen molar-refractivity contribution in [2.24, 2.45) is 0 Å². The number of carbonyl (C=O) groups is 1. The lowest BCUT2D eigenvalue weighted by molar-refractivity contribution is 0.0689. The average molecular weight is 309 g/mol. The number of carboxylic acids is 1. The van der Waals surface area contributed by atoms with Crippen molar-refractivity contribution in [1.29, 1.82) is 0 Å². The molecule has 0 bridgehead atoms. The molecule has 0 aliphatic carbocycles. The molecule has 0 saturated heterocycles. The summed E-state index contributed by atoms with van der Waals surface area (Å²) in [7, 11) is 0. The van der Waals surface area contributed by atoms with Crippen molar-refractivity contribution in [2.75, 3.05) is 0 Å². The molecule has 0 radical (unpaired) electrons. The van der Waals surface area contributed by atoms with Crippen LogP contribution in [0.4, 0.5) is 0 Å². The van der Waals surface area contributed by atoms with Gasteiger partial charge in [-0.25, -0.2) is 9.78 Å². The fourth-order valence-electron chi connectivity index (χ4n) is 1.30. The smallest absolute Gasteiger partial charge is 0.354 e. The zero-order chi connectivity index (χ0) is 13.1. The number of benzene rings is 1. The zero-order valence-electron chi connectivity index (χ0n) is 9.42. The highest BCUT2D eigenvalue weighted by Crippen LogP contribution is 2.24. The number of rotatable bonds is 3. The Balaban J connectivity index is 2.25. The number of ether oxygens (including phenoxy) is 1. The second-order valence-electron chi connectivity index (χ2n) is 3.54. The van der Waals surface area contributed by atoms with Crippen LogP contribution in [-0.2, 0) is 0 Å². The highest BCUT2D eigenvalue weighted by Gasteiger charge is 2.08. The molecular weight excluding hydrogens is 300 g/mol. The van der Waals surface area contributed by atoms with Gasteiger partial charge in [-0.1, -0.05) is 15.9 Å². The van der Waals surface area contributed by atoms with E-state index in [1.165, 1.54) is 12.3 Å². The van der Waals surface area contributed by atoms with Gasteiger partial charge in [0, 0.05) is 10.7 Å². The first-order valence-corrected chi connectivity index (χ1v) is 5.86. The molecule has 0 atom stereocenters. The Hall–Kier alpha value is -1.95. The monoisotopic (exact) mass is 308 g/mol. The van der Waals surface area contributed by atoms with Crippen LogP contribution in [0.2, 0.25) is 0 Å². The number of aromatic nitrogens is 2. The summed E-state index contributed by atoms with van der Waals surface area (Å²) < 4.78 is 6.37. The molecule has 1 aromatic heterocycles. The van der Waals surface area contributed by atoms with Crippen molar-refractivity contribution in [1.82, 2.24) is 9.97 Å². The Labute approximate surface area is 112 Å². The van der Waals surface area contributed by atoms with Crippen LogP contribution in [0.15, 0.2) is 34.9 Å². The summed E-state index contributed by atoms with van der Waals surface area (Å²) in [6, 6.07) is 6.71. The van der Waals surface area contributed by atoms with Crippen LogP contribution in [0.5, 0.6) is 11.8 Å². The third kappa shape index (κ3) is 2.84. The zero-order valence-corrected chi connectivity index (χ0v) is 11.0. The summed E-state index contributed by atoms with van der Waals surface area (Å²) in [4.78, 5) is 18.4. The molecule has 5 nitrogen and oxygen atoms in total. The molecule has 0 aliphatic rings. The number of halogens is 1. The fraction of sp³-hybridized carbons (Fsp3) is 0.0833. The van der Waals surface area contributed by atoms with Crippen molar-refractivity contribution >= 4 is 21.9 Å². The summed E-state index contributed by atoms with van der Waals surface area (Å²) in [5.74, 6) is -0.563. The highest BCUT2D eigenvalue weighted by atomic mass is 79.9. The first kappa shape index (κ1) is 12.5. The van der Waals surface area contributed by atoms with E-state index in [4.69, 9.17) is 9.84 Å². The van der Waals surface area contributed by atoms with E-state index in [0.717, 1.165) is 10.0 Å². The molecule has 0 fully saturated rings. The maximum atomic E-state index is 10.8. The van der Waals surface area contributed by atoms with E-state index in [0.29, 0.717) is 5.75 Å². The largest absolute Gasteiger partial charge is 0.477 e. The molecule has 0 aliphatic heterocycles. The van der Waals surface area contributed by atoms with Gasteiger partial charge in [-0.3, -0.25) is 0 Å². The quantitative estimate of drug-likeness (QED) is 0.943. The third-order valence-electron chi connectivity index (χ3n) is 2.19. The maximum Gasteiger partial charge on any atom is 0.354 e. The van der Waals surface area contributed by atoms with Crippen molar-refractivity contribution in [3.63, 3.8) is 0 Å². The summed E-state index contributed by atoms with van der Waals surface area (Å²) in [5.41, 5.74) is 0.899. The molecule has 0 saturated carbocycles. The molecule has 2 rings (SSSR count). The number of aromatic carboxylic acids is 1. The minimum atomic E-state index is -1.12. The van der Waals surface area contributed by atoms with E-state index in [-0.39, 0.29) is 11.7 Å². The molecule has 1 N–H and O–H groups in total. The Morgan fingerprint density at radius 3 is 2.83 bits per heavy atom. The van der Waals surface area contributed by atoms with E-state index in [1.54, 1.807) is 12.1 Å². The summed E-state index contributed by atoms with van der Waals surface area (Å²) >= 11 is 3.38. The van der Waals surface area contributed by atoms with Gasteiger partial charge in [-0.05, 0) is 36.8 Å². The standard InChI is InChI=1S/C12H9BrN2O3/c1-7-6-8(2-3-9(7)13)18-12-14-5-4-10(15-12)11(16)17/h2-6H,1H3,(H,16,17). The van der Waals surface area contributed by atoms with Crippen LogP contribution in [0.3, 0.4) is 0 Å². The van der Waals surface area contributed by atoms with Crippen LogP contribution in [0.1, 0.15) is 16.1 Å². The van der Waals surface area contributed by atoms with Gasteiger partial charge in [0.1, 0.15) is 5.75 Å². The van der Waals surface area contributed by atoms with E-state index in [9.17, 15) is 4.79 Å². The first-order valence-electron chi connectivity index (χ1n) is 5.06. The molecule has 0 amide bonds. The molecule has 1 heterocycles. The lowest BCUT2D eigenvalue weighted by atomic mass is 10.2. The lowest BCUT2D eigenvalue weighted by Gasteiger charge is -2.05. The molecule has 18 heavy (non-hydrogen) atoms. The number of hydrogen-bond acceptors (Lipinski definition) is 4. The van der Waals surface area contributed by atoms with Crippen LogP contribution >= 0.6 is 15.9 Å². The van der Waals surface area contributed by atoms with Crippen molar-refractivity contribution < 1.29 is 14.6 Å². The van der Waals surface area contributed by atoms with E-state index >= 15 is 0 Å². The van der Waals surface area contributed by atoms with Crippen molar-refractivity contribution in [2.45, 2.75) is 6.92 Å². The number of hydrogen-bond donors (Lipinski definition) is 1. The van der Waals surface area contributed by atoms with Gasteiger partial charge < -0.3 is 9.84 Å². The maximum absolute atomic E-state index is 10.8. The van der Waals surface area contributed by atoms with Gasteiger partial charge in [-0.2, -0.15) is 4.98 Å². The summed E-state index contributed by atoms with van der Waals surface area (Å²) in [6.07, 6.45) is 1.34. The Morgan fingerprint density at radius 1 is 1.39 bits per heavy atom. The van der Waals surface area contributed by atoms with Crippen LogP contribution in [0, 0.1) is 6.92 Å². The predicted octanol–water partition coefficient (Wildman–Crippen LogP) is 3.04. The molecule has 0 spiro atoms. The predicted molar refractivity (Wildman–Crippen MR) is 67.9 cm³/mol. The van der Waals surface area contributed by atoms with Crippen molar-refractivity contribution in [3.8, 4) is 11.8 Å². The van der Waals surface area contributed by atoms with Gasteiger partial charge >= 0.3 is 12.0 Å². The lowest BCUT2D eigenvalue weighted by Crippen LogP contribution is -2.02. The summed E-state index contributed by atoms with van der Waals surface area (Å²) in [5, 5.41) is 8.80. The van der Waals surface area contributed by atoms with Crippen LogP contribution in [-0.4, -0.2) is 21.0 Å². The normalized spacial score (nSPS) is 10.1. The van der Waals surface area contributed by atoms with Gasteiger partial charge in [0.2, 0.25) is 0 Å². The van der Waals surface area contributed by atoms with E-state index in [1.807, 2.05) is 13.0 Å². The SMILES string of the molecule is Cc1cc(Oc2nccc(C(=O)O)n2)ccc1Br. The molecule has 92 valence electrons. The fourth-order valence-corrected chi connectivity index (χ4v) is 1.54. The number of aryl methyl sites for hydroxylation is 1. The topological polar surface area (TPSA) is 72.3 Å². The molecule has 6 heteroatoms. The molecular formula is C12H9BrN2O3. The van der Waals surface area contributed by atoms with E-state index in [2.05, 4.69) is 25.9 Å². The highest BCUT2D eigenvalue weighted by molar-refractivity contribution is 9.10. The van der Waals surface area contributed by atoms with Crippen LogP contribution < -0.4 is 4.74 Å². The van der Waals surface area contributed by atoms with Crippen LogP contribution in [0.25, 0.3) is 0 Å². The summed E-state index contributed by atoms with van der Waals surface area (Å²) in [6.45, 7) is 1.92. The van der Waals surface area contributed by atoms with Gasteiger partial charge in [-0.15, -0.1) is 0 Å². The molecule has 0 unspecified atom stereocenters. The molecule has 1 aromatic carbocycles. The van der Waals surface area contributed by atoms with Gasteiger partial charge in [0.05, 0.1) is 0 Å². The third-order valence-corrected chi connectivity index (χ3v) is 3.08. The van der Waals surface area contributed by atoms with Gasteiger partial charge in [0.15, 0.2) is 5.69 Å². The average Bonchev–Trinajstić information content (AvgIpc) is 2.34. The Bertz CT molecular complexity index is 602. The number of carboxylic acid groups (broad SMARTS) is 1. The first-order chi connectivity index (χ1) is 8.56. The van der Waals surface area contributed by atoms with Gasteiger partial charge in [0.25, 0.3) is 0 Å². The Kier molecular flexibility index (Phi) is 3.57. The second kappa shape index (κ2) is 5.14. The second-order valence-corrected chi connectivity index (χ2v) is 4.40. The van der Waals surface area contributed by atoms with Crippen molar-refractivity contribution in [3.05, 3.63) is 46.2 Å². The Morgan fingerprint density at radius 2 is 2.17 bits per heavy atom. The molecule has 2 aromatic rings. The minimum Gasteiger partial charge on any atom is -0.477 e.